The summed E-state index contributed by atoms with van der Waals surface area (Å²) in [5.74, 6) is 0.614. The van der Waals surface area contributed by atoms with Crippen molar-refractivity contribution in [2.24, 2.45) is 0 Å². The minimum absolute atomic E-state index is 0.194. The molecule has 128 valence electrons. The van der Waals surface area contributed by atoms with Crippen LogP contribution in [-0.4, -0.2) is 49.1 Å². The minimum Gasteiger partial charge on any atom is -0.486 e. The maximum absolute atomic E-state index is 12.4. The zero-order chi connectivity index (χ0) is 17.5. The molecule has 0 spiro atoms. The Morgan fingerprint density at radius 1 is 1.21 bits per heavy atom. The number of carbonyl (C=O) groups is 2. The number of amides is 2. The lowest BCUT2D eigenvalue weighted by molar-refractivity contribution is -0.131. The molecule has 2 rings (SSSR count). The Hall–Kier alpha value is -2.76. The van der Waals surface area contributed by atoms with Gasteiger partial charge in [-0.05, 0) is 25.1 Å². The van der Waals surface area contributed by atoms with Crippen molar-refractivity contribution >= 4 is 11.8 Å². The number of hydrogen-bond donors (Lipinski definition) is 1. The molecule has 0 saturated carbocycles. The van der Waals surface area contributed by atoms with E-state index in [0.29, 0.717) is 43.4 Å². The first-order valence-corrected chi connectivity index (χ1v) is 7.78. The van der Waals surface area contributed by atoms with Crippen molar-refractivity contribution in [3.8, 4) is 11.5 Å². The second-order valence-electron chi connectivity index (χ2n) is 5.37. The lowest BCUT2D eigenvalue weighted by Crippen LogP contribution is -2.47. The van der Waals surface area contributed by atoms with Crippen molar-refractivity contribution in [3.05, 3.63) is 49.1 Å². The summed E-state index contributed by atoms with van der Waals surface area (Å²) >= 11 is 0. The first-order valence-electron chi connectivity index (χ1n) is 7.78. The molecule has 1 aliphatic heterocycles. The second kappa shape index (κ2) is 8.19. The van der Waals surface area contributed by atoms with Crippen molar-refractivity contribution in [3.63, 3.8) is 0 Å². The molecular formula is C18H22N2O4. The number of fused-ring (bicyclic) bond motifs is 1. The Morgan fingerprint density at radius 3 is 2.46 bits per heavy atom. The molecule has 2 amide bonds. The van der Waals surface area contributed by atoms with E-state index in [9.17, 15) is 9.59 Å². The number of ether oxygens (including phenoxy) is 2. The fraction of sp³-hybridized carbons (Fsp3) is 0.333. The van der Waals surface area contributed by atoms with Gasteiger partial charge >= 0.3 is 0 Å². The molecule has 0 radical (unpaired) electrons. The van der Waals surface area contributed by atoms with Gasteiger partial charge < -0.3 is 19.7 Å². The molecule has 6 heteroatoms. The van der Waals surface area contributed by atoms with E-state index < -0.39 is 6.04 Å². The van der Waals surface area contributed by atoms with E-state index >= 15 is 0 Å². The van der Waals surface area contributed by atoms with Crippen molar-refractivity contribution < 1.29 is 19.1 Å². The average molecular weight is 330 g/mol. The van der Waals surface area contributed by atoms with Crippen LogP contribution in [0.25, 0.3) is 0 Å². The summed E-state index contributed by atoms with van der Waals surface area (Å²) in [6.45, 7) is 10.7. The molecule has 0 aliphatic carbocycles. The van der Waals surface area contributed by atoms with E-state index in [-0.39, 0.29) is 11.8 Å². The standard InChI is InChI=1S/C18H22N2O4/c1-4-8-20(9-5-2)18(22)13(3)19-17(21)14-6-7-15-16(12-14)24-11-10-23-15/h4-7,12-13H,1-2,8-11H2,3H3,(H,19,21). The number of rotatable bonds is 7. The van der Waals surface area contributed by atoms with Gasteiger partial charge in [0, 0.05) is 18.7 Å². The number of benzene rings is 1. The third-order valence-corrected chi connectivity index (χ3v) is 3.53. The highest BCUT2D eigenvalue weighted by molar-refractivity contribution is 5.98. The molecule has 1 aromatic carbocycles. The van der Waals surface area contributed by atoms with E-state index in [1.165, 1.54) is 0 Å². The molecular weight excluding hydrogens is 308 g/mol. The number of hydrogen-bond acceptors (Lipinski definition) is 4. The molecule has 0 fully saturated rings. The van der Waals surface area contributed by atoms with E-state index in [1.54, 1.807) is 42.2 Å². The summed E-state index contributed by atoms with van der Waals surface area (Å²) in [5.41, 5.74) is 0.415. The quantitative estimate of drug-likeness (QED) is 0.774. The summed E-state index contributed by atoms with van der Waals surface area (Å²) in [6.07, 6.45) is 3.27. The number of nitrogens with zero attached hydrogens (tertiary/aromatic N) is 1. The van der Waals surface area contributed by atoms with Gasteiger partial charge in [-0.25, -0.2) is 0 Å². The minimum atomic E-state index is -0.661. The topological polar surface area (TPSA) is 67.9 Å². The Labute approximate surface area is 141 Å². The first kappa shape index (κ1) is 17.6. The molecule has 0 saturated heterocycles. The van der Waals surface area contributed by atoms with Crippen molar-refractivity contribution in [1.29, 1.82) is 0 Å². The summed E-state index contributed by atoms with van der Waals surface area (Å²) in [5, 5.41) is 2.70. The van der Waals surface area contributed by atoms with Crippen LogP contribution < -0.4 is 14.8 Å². The molecule has 0 aromatic heterocycles. The monoisotopic (exact) mass is 330 g/mol. The Kier molecular flexibility index (Phi) is 6.01. The highest BCUT2D eigenvalue weighted by Crippen LogP contribution is 2.30. The van der Waals surface area contributed by atoms with E-state index in [2.05, 4.69) is 18.5 Å². The molecule has 0 bridgehead atoms. The largest absolute Gasteiger partial charge is 0.486 e. The third kappa shape index (κ3) is 4.16. The predicted octanol–water partition coefficient (Wildman–Crippen LogP) is 1.78. The maximum Gasteiger partial charge on any atom is 0.252 e. The molecule has 1 unspecified atom stereocenters. The average Bonchev–Trinajstić information content (AvgIpc) is 2.60. The summed E-state index contributed by atoms with van der Waals surface area (Å²) in [4.78, 5) is 26.3. The SMILES string of the molecule is C=CCN(CC=C)C(=O)C(C)NC(=O)c1ccc2c(c1)OCCO2. The predicted molar refractivity (Wildman–Crippen MR) is 91.3 cm³/mol. The molecule has 1 aliphatic rings. The zero-order valence-electron chi connectivity index (χ0n) is 13.8. The fourth-order valence-electron chi connectivity index (χ4n) is 2.37. The van der Waals surface area contributed by atoms with Crippen molar-refractivity contribution in [1.82, 2.24) is 10.2 Å². The van der Waals surface area contributed by atoms with E-state index in [1.807, 2.05) is 0 Å². The highest BCUT2D eigenvalue weighted by Gasteiger charge is 2.22. The summed E-state index contributed by atoms with van der Waals surface area (Å²) in [6, 6.07) is 4.29. The van der Waals surface area contributed by atoms with Gasteiger partial charge in [0.2, 0.25) is 5.91 Å². The van der Waals surface area contributed by atoms with Crippen LogP contribution in [0.3, 0.4) is 0 Å². The lowest BCUT2D eigenvalue weighted by Gasteiger charge is -2.24. The van der Waals surface area contributed by atoms with Gasteiger partial charge in [-0.1, -0.05) is 12.2 Å². The van der Waals surface area contributed by atoms with Crippen LogP contribution in [0, 0.1) is 0 Å². The Morgan fingerprint density at radius 2 is 1.83 bits per heavy atom. The van der Waals surface area contributed by atoms with Crippen LogP contribution in [-0.2, 0) is 4.79 Å². The molecule has 1 atom stereocenters. The van der Waals surface area contributed by atoms with Gasteiger partial charge in [-0.15, -0.1) is 13.2 Å². The van der Waals surface area contributed by atoms with Crippen LogP contribution >= 0.6 is 0 Å². The van der Waals surface area contributed by atoms with Gasteiger partial charge in [0.15, 0.2) is 11.5 Å². The smallest absolute Gasteiger partial charge is 0.252 e. The van der Waals surface area contributed by atoms with Gasteiger partial charge in [-0.2, -0.15) is 0 Å². The highest BCUT2D eigenvalue weighted by atomic mass is 16.6. The molecule has 1 N–H and O–H groups in total. The summed E-state index contributed by atoms with van der Waals surface area (Å²) in [7, 11) is 0. The Bertz CT molecular complexity index is 632. The van der Waals surface area contributed by atoms with Gasteiger partial charge in [0.25, 0.3) is 5.91 Å². The first-order chi connectivity index (χ1) is 11.6. The van der Waals surface area contributed by atoms with Crippen LogP contribution in [0.5, 0.6) is 11.5 Å². The summed E-state index contributed by atoms with van der Waals surface area (Å²) < 4.78 is 10.9. The molecule has 24 heavy (non-hydrogen) atoms. The van der Waals surface area contributed by atoms with E-state index in [4.69, 9.17) is 9.47 Å². The van der Waals surface area contributed by atoms with Gasteiger partial charge in [0.05, 0.1) is 0 Å². The van der Waals surface area contributed by atoms with E-state index in [0.717, 1.165) is 0 Å². The lowest BCUT2D eigenvalue weighted by atomic mass is 10.1. The molecule has 1 heterocycles. The Balaban J connectivity index is 2.03. The normalized spacial score (nSPS) is 13.5. The molecule has 6 nitrogen and oxygen atoms in total. The molecule has 1 aromatic rings. The van der Waals surface area contributed by atoms with Crippen molar-refractivity contribution in [2.75, 3.05) is 26.3 Å². The number of carbonyl (C=O) groups excluding carboxylic acids is 2. The van der Waals surface area contributed by atoms with Crippen molar-refractivity contribution in [2.45, 2.75) is 13.0 Å². The zero-order valence-corrected chi connectivity index (χ0v) is 13.8. The van der Waals surface area contributed by atoms with Crippen LogP contribution in [0.2, 0.25) is 0 Å². The third-order valence-electron chi connectivity index (χ3n) is 3.53. The van der Waals surface area contributed by atoms with Gasteiger partial charge in [0.1, 0.15) is 19.3 Å². The van der Waals surface area contributed by atoms with Crippen LogP contribution in [0.15, 0.2) is 43.5 Å². The maximum atomic E-state index is 12.4. The van der Waals surface area contributed by atoms with Crippen LogP contribution in [0.4, 0.5) is 0 Å². The second-order valence-corrected chi connectivity index (χ2v) is 5.37. The van der Waals surface area contributed by atoms with Crippen LogP contribution in [0.1, 0.15) is 17.3 Å². The number of nitrogens with one attached hydrogen (secondary N) is 1. The van der Waals surface area contributed by atoms with Gasteiger partial charge in [-0.3, -0.25) is 9.59 Å². The fourth-order valence-corrected chi connectivity index (χ4v) is 2.37.